The topological polar surface area (TPSA) is 54.0 Å². The normalized spacial score (nSPS) is 23.7. The average molecular weight is 542 g/mol. The Morgan fingerprint density at radius 3 is 2.17 bits per heavy atom. The van der Waals surface area contributed by atoms with Crippen LogP contribution in [0.1, 0.15) is 42.9 Å². The number of hydrogen-bond donors (Lipinski definition) is 1. The maximum atomic E-state index is 13.8. The number of carbonyl (C=O) groups is 1. The van der Waals surface area contributed by atoms with Crippen molar-refractivity contribution in [2.45, 2.75) is 44.8 Å². The van der Waals surface area contributed by atoms with Gasteiger partial charge in [0.1, 0.15) is 11.5 Å². The zero-order valence-corrected chi connectivity index (χ0v) is 24.3. The molecule has 3 aliphatic heterocycles. The van der Waals surface area contributed by atoms with Crippen molar-refractivity contribution in [2.24, 2.45) is 11.8 Å². The van der Waals surface area contributed by atoms with Gasteiger partial charge in [0, 0.05) is 49.7 Å². The number of ether oxygens (including phenoxy) is 2. The van der Waals surface area contributed by atoms with E-state index in [1.54, 1.807) is 14.2 Å². The van der Waals surface area contributed by atoms with E-state index in [4.69, 9.17) is 9.47 Å². The smallest absolute Gasteiger partial charge is 0.227 e. The first-order valence-corrected chi connectivity index (χ1v) is 14.7. The van der Waals surface area contributed by atoms with Crippen molar-refractivity contribution in [2.75, 3.05) is 40.4 Å². The van der Waals surface area contributed by atoms with E-state index in [2.05, 4.69) is 84.7 Å². The molecule has 0 spiro atoms. The van der Waals surface area contributed by atoms with Crippen molar-refractivity contribution in [3.05, 3.63) is 95.6 Å². The Labute approximate surface area is 239 Å². The summed E-state index contributed by atoms with van der Waals surface area (Å²) in [5.74, 6) is 2.35. The molecule has 2 bridgehead atoms. The van der Waals surface area contributed by atoms with E-state index in [0.717, 1.165) is 49.7 Å². The van der Waals surface area contributed by atoms with Gasteiger partial charge in [-0.2, -0.15) is 0 Å². The van der Waals surface area contributed by atoms with Crippen LogP contribution in [-0.2, 0) is 11.3 Å². The second kappa shape index (κ2) is 12.9. The van der Waals surface area contributed by atoms with Gasteiger partial charge in [0.25, 0.3) is 0 Å². The van der Waals surface area contributed by atoms with Crippen molar-refractivity contribution in [1.82, 2.24) is 15.1 Å². The highest BCUT2D eigenvalue weighted by Crippen LogP contribution is 2.45. The van der Waals surface area contributed by atoms with Crippen LogP contribution in [0.4, 0.5) is 0 Å². The molecule has 6 nitrogen and oxygen atoms in total. The number of carbonyl (C=O) groups excluding carboxylic acids is 1. The molecule has 1 N–H and O–H groups in total. The van der Waals surface area contributed by atoms with Gasteiger partial charge in [0.15, 0.2) is 0 Å². The van der Waals surface area contributed by atoms with E-state index in [9.17, 15) is 4.79 Å². The fourth-order valence-corrected chi connectivity index (χ4v) is 7.05. The summed E-state index contributed by atoms with van der Waals surface area (Å²) in [7, 11) is 3.40. The largest absolute Gasteiger partial charge is 0.497 e. The molecule has 3 saturated heterocycles. The molecule has 6 rings (SSSR count). The van der Waals surface area contributed by atoms with Crippen molar-refractivity contribution < 1.29 is 14.3 Å². The minimum atomic E-state index is -0.0122. The van der Waals surface area contributed by atoms with Gasteiger partial charge >= 0.3 is 0 Å². The zero-order chi connectivity index (χ0) is 28.1. The van der Waals surface area contributed by atoms with Crippen LogP contribution in [0.3, 0.4) is 0 Å². The average Bonchev–Trinajstić information content (AvgIpc) is 3.02. The van der Waals surface area contributed by atoms with Crippen LogP contribution in [0.15, 0.2) is 78.9 Å². The molecule has 1 unspecified atom stereocenters. The Morgan fingerprint density at radius 2 is 1.60 bits per heavy atom. The molecule has 3 aromatic rings. The number of amides is 1. The Kier molecular flexibility index (Phi) is 9.08. The fraction of sp³-hybridized carbons (Fsp3) is 0.441. The molecule has 0 radical (unpaired) electrons. The van der Waals surface area contributed by atoms with E-state index >= 15 is 0 Å². The SMILES string of the molecule is CCN(CC)C(=O)[C@H]1CN2CC[C@@H]1[C@H](NCc1cc(OC)ccc1OC)[C@@H]2C(c1ccccc1)c1ccccc1. The number of benzene rings is 3. The number of nitrogens with zero attached hydrogens (tertiary/aromatic N) is 2. The van der Waals surface area contributed by atoms with E-state index < -0.39 is 0 Å². The van der Waals surface area contributed by atoms with E-state index in [-0.39, 0.29) is 29.8 Å². The molecule has 3 aromatic carbocycles. The summed E-state index contributed by atoms with van der Waals surface area (Å²) in [6.07, 6.45) is 1.01. The quantitative estimate of drug-likeness (QED) is 0.363. The third-order valence-electron chi connectivity index (χ3n) is 9.02. The Hall–Kier alpha value is -3.35. The molecular weight excluding hydrogens is 498 g/mol. The van der Waals surface area contributed by atoms with Gasteiger partial charge in [-0.25, -0.2) is 0 Å². The van der Waals surface area contributed by atoms with E-state index in [1.807, 2.05) is 23.1 Å². The molecule has 3 heterocycles. The highest BCUT2D eigenvalue weighted by Gasteiger charge is 2.52. The highest BCUT2D eigenvalue weighted by atomic mass is 16.5. The van der Waals surface area contributed by atoms with Crippen LogP contribution in [0.5, 0.6) is 11.5 Å². The first-order valence-electron chi connectivity index (χ1n) is 14.7. The Morgan fingerprint density at radius 1 is 0.950 bits per heavy atom. The minimum Gasteiger partial charge on any atom is -0.497 e. The van der Waals surface area contributed by atoms with Crippen LogP contribution >= 0.6 is 0 Å². The molecule has 3 aliphatic rings. The van der Waals surface area contributed by atoms with Crippen molar-refractivity contribution in [3.63, 3.8) is 0 Å². The van der Waals surface area contributed by atoms with E-state index in [0.29, 0.717) is 12.5 Å². The molecule has 212 valence electrons. The number of piperidine rings is 3. The van der Waals surface area contributed by atoms with Crippen molar-refractivity contribution in [1.29, 1.82) is 0 Å². The lowest BCUT2D eigenvalue weighted by Gasteiger charge is -2.57. The first-order chi connectivity index (χ1) is 19.6. The molecule has 0 saturated carbocycles. The third kappa shape index (κ3) is 5.61. The van der Waals surface area contributed by atoms with Gasteiger partial charge in [0.05, 0.1) is 20.1 Å². The fourth-order valence-electron chi connectivity index (χ4n) is 7.05. The lowest BCUT2D eigenvalue weighted by atomic mass is 9.66. The number of hydrogen-bond acceptors (Lipinski definition) is 5. The molecule has 3 fully saturated rings. The lowest BCUT2D eigenvalue weighted by Crippen LogP contribution is -2.69. The molecule has 40 heavy (non-hydrogen) atoms. The van der Waals surface area contributed by atoms with Crippen LogP contribution < -0.4 is 14.8 Å². The van der Waals surface area contributed by atoms with Gasteiger partial charge in [-0.05, 0) is 62.1 Å². The first kappa shape index (κ1) is 28.2. The van der Waals surface area contributed by atoms with Gasteiger partial charge in [-0.15, -0.1) is 0 Å². The summed E-state index contributed by atoms with van der Waals surface area (Å²) in [5.41, 5.74) is 3.67. The predicted molar refractivity (Wildman–Crippen MR) is 160 cm³/mol. The second-order valence-electron chi connectivity index (χ2n) is 10.9. The number of methoxy groups -OCH3 is 2. The monoisotopic (exact) mass is 541 g/mol. The molecule has 5 atom stereocenters. The third-order valence-corrected chi connectivity index (χ3v) is 9.02. The summed E-state index contributed by atoms with van der Waals surface area (Å²) in [6.45, 7) is 8.11. The maximum absolute atomic E-state index is 13.8. The summed E-state index contributed by atoms with van der Waals surface area (Å²) in [5, 5.41) is 3.98. The van der Waals surface area contributed by atoms with Crippen molar-refractivity contribution in [3.8, 4) is 11.5 Å². The second-order valence-corrected chi connectivity index (χ2v) is 10.9. The summed E-state index contributed by atoms with van der Waals surface area (Å²) < 4.78 is 11.2. The van der Waals surface area contributed by atoms with Crippen LogP contribution in [-0.4, -0.2) is 68.2 Å². The molecule has 0 aromatic heterocycles. The number of rotatable bonds is 11. The summed E-state index contributed by atoms with van der Waals surface area (Å²) >= 11 is 0. The van der Waals surface area contributed by atoms with Crippen LogP contribution in [0.25, 0.3) is 0 Å². The molecule has 6 heteroatoms. The van der Waals surface area contributed by atoms with Gasteiger partial charge in [-0.1, -0.05) is 60.7 Å². The summed E-state index contributed by atoms with van der Waals surface area (Å²) in [6, 6.07) is 28.0. The highest BCUT2D eigenvalue weighted by molar-refractivity contribution is 5.80. The van der Waals surface area contributed by atoms with E-state index in [1.165, 1.54) is 11.1 Å². The minimum absolute atomic E-state index is 0.0122. The Balaban J connectivity index is 1.55. The lowest BCUT2D eigenvalue weighted by molar-refractivity contribution is -0.145. The maximum Gasteiger partial charge on any atom is 0.227 e. The van der Waals surface area contributed by atoms with Crippen LogP contribution in [0, 0.1) is 11.8 Å². The Bertz CT molecular complexity index is 1210. The van der Waals surface area contributed by atoms with Crippen LogP contribution in [0.2, 0.25) is 0 Å². The van der Waals surface area contributed by atoms with Gasteiger partial charge < -0.3 is 19.7 Å². The molecule has 1 amide bonds. The number of nitrogens with one attached hydrogen (secondary N) is 1. The molecule has 0 aliphatic carbocycles. The number of fused-ring (bicyclic) bond motifs is 3. The van der Waals surface area contributed by atoms with Crippen molar-refractivity contribution >= 4 is 5.91 Å². The zero-order valence-electron chi connectivity index (χ0n) is 24.3. The van der Waals surface area contributed by atoms with Gasteiger partial charge in [-0.3, -0.25) is 9.69 Å². The molecular formula is C34H43N3O3. The summed E-state index contributed by atoms with van der Waals surface area (Å²) in [4.78, 5) is 18.4. The predicted octanol–water partition coefficient (Wildman–Crippen LogP) is 5.18. The van der Waals surface area contributed by atoms with Gasteiger partial charge in [0.2, 0.25) is 5.91 Å². The standard InChI is InChI=1S/C34H43N3O3/c1-5-36(6-2)34(38)29-23-37-20-19-28(29)32(35-22-26-21-27(39-3)17-18-30(26)40-4)33(37)31(24-13-9-7-10-14-24)25-15-11-8-12-16-25/h7-18,21,28-29,31-33,35H,5-6,19-20,22-23H2,1-4H3/t28-,29-,32-,33-/m0/s1.